The van der Waals surface area contributed by atoms with Crippen molar-refractivity contribution in [3.8, 4) is 11.5 Å². The maximum atomic E-state index is 10.9. The fourth-order valence-corrected chi connectivity index (χ4v) is 1.83. The van der Waals surface area contributed by atoms with Gasteiger partial charge in [0.15, 0.2) is 0 Å². The van der Waals surface area contributed by atoms with Crippen molar-refractivity contribution in [2.24, 2.45) is 5.73 Å². The molecule has 0 aliphatic heterocycles. The summed E-state index contributed by atoms with van der Waals surface area (Å²) in [6.45, 7) is 0. The van der Waals surface area contributed by atoms with Crippen LogP contribution >= 0.6 is 0 Å². The molecule has 1 aromatic carbocycles. The summed E-state index contributed by atoms with van der Waals surface area (Å²) in [6.07, 6.45) is 2.43. The van der Waals surface area contributed by atoms with Gasteiger partial charge in [-0.1, -0.05) is 0 Å². The smallest absolute Gasteiger partial charge is 0.339 e. The van der Waals surface area contributed by atoms with E-state index in [0.717, 1.165) is 18.4 Å². The second-order valence-electron chi connectivity index (χ2n) is 4.53. The lowest BCUT2D eigenvalue weighted by Crippen LogP contribution is -2.25. The maximum absolute atomic E-state index is 10.9. The lowest BCUT2D eigenvalue weighted by molar-refractivity contribution is 0.0693. The number of methoxy groups -OCH3 is 1. The van der Waals surface area contributed by atoms with Gasteiger partial charge in [0.2, 0.25) is 0 Å². The summed E-state index contributed by atoms with van der Waals surface area (Å²) in [4.78, 5) is 10.9. The van der Waals surface area contributed by atoms with Crippen molar-refractivity contribution in [2.45, 2.75) is 24.8 Å². The molecule has 0 atom stereocenters. The predicted octanol–water partition coefficient (Wildman–Crippen LogP) is 1.13. The molecule has 4 N–H and O–H groups in total. The molecule has 1 saturated carbocycles. The number of phenols is 1. The average molecular weight is 237 g/mol. The van der Waals surface area contributed by atoms with Crippen LogP contribution < -0.4 is 10.5 Å². The zero-order chi connectivity index (χ0) is 12.6. The van der Waals surface area contributed by atoms with E-state index in [0.29, 0.717) is 12.2 Å². The first-order chi connectivity index (χ1) is 7.95. The van der Waals surface area contributed by atoms with Gasteiger partial charge in [0.1, 0.15) is 17.1 Å². The molecular formula is C12H15NO4. The number of ether oxygens (including phenoxy) is 1. The summed E-state index contributed by atoms with van der Waals surface area (Å²) in [5.41, 5.74) is 6.37. The molecule has 0 unspecified atom stereocenters. The number of nitrogens with two attached hydrogens (primary N) is 1. The van der Waals surface area contributed by atoms with Crippen LogP contribution in [-0.2, 0) is 6.42 Å². The Hall–Kier alpha value is -1.75. The molecule has 1 aromatic rings. The maximum Gasteiger partial charge on any atom is 0.339 e. The molecular weight excluding hydrogens is 222 g/mol. The molecule has 1 aliphatic carbocycles. The number of carbonyl (C=O) groups is 1. The van der Waals surface area contributed by atoms with E-state index >= 15 is 0 Å². The molecule has 1 fully saturated rings. The first-order valence-corrected chi connectivity index (χ1v) is 5.37. The fraction of sp³-hybridized carbons (Fsp3) is 0.417. The second kappa shape index (κ2) is 3.92. The van der Waals surface area contributed by atoms with Crippen molar-refractivity contribution in [1.29, 1.82) is 0 Å². The van der Waals surface area contributed by atoms with E-state index in [1.165, 1.54) is 19.2 Å². The van der Waals surface area contributed by atoms with E-state index in [4.69, 9.17) is 15.6 Å². The number of aromatic hydroxyl groups is 1. The molecule has 0 spiro atoms. The minimum Gasteiger partial charge on any atom is -0.507 e. The van der Waals surface area contributed by atoms with Crippen LogP contribution in [0.15, 0.2) is 12.1 Å². The Kier molecular flexibility index (Phi) is 2.71. The summed E-state index contributed by atoms with van der Waals surface area (Å²) in [7, 11) is 1.48. The van der Waals surface area contributed by atoms with Gasteiger partial charge in [0.05, 0.1) is 7.11 Å². The zero-order valence-corrected chi connectivity index (χ0v) is 9.56. The van der Waals surface area contributed by atoms with E-state index in [1.807, 2.05) is 0 Å². The molecule has 0 heterocycles. The number of carboxylic acids is 1. The normalized spacial score (nSPS) is 16.6. The highest BCUT2D eigenvalue weighted by atomic mass is 16.5. The Morgan fingerprint density at radius 2 is 2.18 bits per heavy atom. The van der Waals surface area contributed by atoms with Crippen molar-refractivity contribution in [1.82, 2.24) is 0 Å². The van der Waals surface area contributed by atoms with Gasteiger partial charge in [0, 0.05) is 11.6 Å². The molecule has 92 valence electrons. The van der Waals surface area contributed by atoms with E-state index in [9.17, 15) is 9.90 Å². The highest BCUT2D eigenvalue weighted by Crippen LogP contribution is 2.39. The SMILES string of the molecule is COc1cc(O)c(C(=O)O)cc1CC1(N)CC1. The van der Waals surface area contributed by atoms with Crippen LogP contribution in [-0.4, -0.2) is 28.8 Å². The second-order valence-corrected chi connectivity index (χ2v) is 4.53. The van der Waals surface area contributed by atoms with Crippen molar-refractivity contribution in [3.05, 3.63) is 23.3 Å². The van der Waals surface area contributed by atoms with Crippen molar-refractivity contribution >= 4 is 5.97 Å². The number of benzene rings is 1. The minimum atomic E-state index is -1.16. The molecule has 1 aliphatic rings. The zero-order valence-electron chi connectivity index (χ0n) is 9.56. The molecule has 17 heavy (non-hydrogen) atoms. The largest absolute Gasteiger partial charge is 0.507 e. The lowest BCUT2D eigenvalue weighted by Gasteiger charge is -2.14. The van der Waals surface area contributed by atoms with E-state index in [2.05, 4.69) is 0 Å². The molecule has 5 nitrogen and oxygen atoms in total. The van der Waals surface area contributed by atoms with Crippen LogP contribution in [0, 0.1) is 0 Å². The van der Waals surface area contributed by atoms with Gasteiger partial charge >= 0.3 is 5.97 Å². The first-order valence-electron chi connectivity index (χ1n) is 5.37. The molecule has 0 bridgehead atoms. The third-order valence-corrected chi connectivity index (χ3v) is 3.06. The lowest BCUT2D eigenvalue weighted by atomic mass is 10.0. The van der Waals surface area contributed by atoms with Gasteiger partial charge in [-0.25, -0.2) is 4.79 Å². The van der Waals surface area contributed by atoms with Crippen molar-refractivity contribution in [3.63, 3.8) is 0 Å². The summed E-state index contributed by atoms with van der Waals surface area (Å²) in [6, 6.07) is 2.76. The Labute approximate surface area is 98.8 Å². The topological polar surface area (TPSA) is 92.8 Å². The summed E-state index contributed by atoms with van der Waals surface area (Å²) >= 11 is 0. The van der Waals surface area contributed by atoms with Gasteiger partial charge in [0.25, 0.3) is 0 Å². The molecule has 0 aromatic heterocycles. The van der Waals surface area contributed by atoms with Gasteiger partial charge in [-0.15, -0.1) is 0 Å². The summed E-state index contributed by atoms with van der Waals surface area (Å²) in [5.74, 6) is -0.975. The van der Waals surface area contributed by atoms with E-state index in [1.54, 1.807) is 0 Å². The number of carboxylic acid groups (broad SMARTS) is 1. The van der Waals surface area contributed by atoms with Crippen LogP contribution in [0.2, 0.25) is 0 Å². The Balaban J connectivity index is 2.40. The van der Waals surface area contributed by atoms with Gasteiger partial charge in [-0.3, -0.25) is 0 Å². The molecule has 0 radical (unpaired) electrons. The van der Waals surface area contributed by atoms with Crippen LogP contribution in [0.5, 0.6) is 11.5 Å². The molecule has 5 heteroatoms. The highest BCUT2D eigenvalue weighted by molar-refractivity contribution is 5.91. The Morgan fingerprint density at radius 3 is 2.65 bits per heavy atom. The monoisotopic (exact) mass is 237 g/mol. The third kappa shape index (κ3) is 2.34. The number of rotatable bonds is 4. The van der Waals surface area contributed by atoms with Gasteiger partial charge < -0.3 is 20.7 Å². The summed E-state index contributed by atoms with van der Waals surface area (Å²) in [5, 5.41) is 18.5. The minimum absolute atomic E-state index is 0.120. The highest BCUT2D eigenvalue weighted by Gasteiger charge is 2.39. The van der Waals surface area contributed by atoms with Crippen LogP contribution in [0.25, 0.3) is 0 Å². The number of hydrogen-bond acceptors (Lipinski definition) is 4. The van der Waals surface area contributed by atoms with Crippen LogP contribution in [0.4, 0.5) is 0 Å². The average Bonchev–Trinajstić information content (AvgIpc) is 2.98. The first kappa shape index (κ1) is 11.7. The van der Waals surface area contributed by atoms with E-state index < -0.39 is 5.97 Å². The Morgan fingerprint density at radius 1 is 1.53 bits per heavy atom. The summed E-state index contributed by atoms with van der Waals surface area (Å²) < 4.78 is 5.13. The molecule has 2 rings (SSSR count). The molecule has 0 saturated heterocycles. The van der Waals surface area contributed by atoms with Crippen molar-refractivity contribution < 1.29 is 19.7 Å². The third-order valence-electron chi connectivity index (χ3n) is 3.06. The number of aromatic carboxylic acids is 1. The fourth-order valence-electron chi connectivity index (χ4n) is 1.83. The predicted molar refractivity (Wildman–Crippen MR) is 61.5 cm³/mol. The van der Waals surface area contributed by atoms with Crippen LogP contribution in [0.3, 0.4) is 0 Å². The van der Waals surface area contributed by atoms with E-state index in [-0.39, 0.29) is 16.9 Å². The standard InChI is InChI=1S/C12H15NO4/c1-17-10-5-9(14)8(11(15)16)4-7(10)6-12(13)2-3-12/h4-5,14H,2-3,6,13H2,1H3,(H,15,16). The van der Waals surface area contributed by atoms with Gasteiger partial charge in [-0.05, 0) is 30.9 Å². The number of hydrogen-bond donors (Lipinski definition) is 3. The van der Waals surface area contributed by atoms with Gasteiger partial charge in [-0.2, -0.15) is 0 Å². The Bertz CT molecular complexity index is 466. The van der Waals surface area contributed by atoms with Crippen LogP contribution in [0.1, 0.15) is 28.8 Å². The van der Waals surface area contributed by atoms with Crippen molar-refractivity contribution in [2.75, 3.05) is 7.11 Å². The molecule has 0 amide bonds. The quantitative estimate of drug-likeness (QED) is 0.730.